The van der Waals surface area contributed by atoms with Gasteiger partial charge < -0.3 is 29.2 Å². The van der Waals surface area contributed by atoms with Crippen LogP contribution in [0.4, 0.5) is 0 Å². The van der Waals surface area contributed by atoms with E-state index in [1.54, 1.807) is 37.4 Å². The van der Waals surface area contributed by atoms with Crippen LogP contribution < -0.4 is 14.2 Å². The van der Waals surface area contributed by atoms with E-state index in [0.29, 0.717) is 17.2 Å². The van der Waals surface area contributed by atoms with Crippen molar-refractivity contribution in [3.63, 3.8) is 0 Å². The summed E-state index contributed by atoms with van der Waals surface area (Å²) in [5.74, 6) is 0.456. The van der Waals surface area contributed by atoms with Crippen LogP contribution in [-0.4, -0.2) is 44.1 Å². The number of carbonyl (C=O) groups is 1. The molecular weight excluding hydrogens is 436 g/mol. The van der Waals surface area contributed by atoms with Crippen molar-refractivity contribution >= 4 is 5.97 Å². The lowest BCUT2D eigenvalue weighted by atomic mass is 9.76. The normalized spacial score (nSPS) is 18.1. The highest BCUT2D eigenvalue weighted by Gasteiger charge is 2.39. The van der Waals surface area contributed by atoms with E-state index in [9.17, 15) is 15.0 Å². The van der Waals surface area contributed by atoms with E-state index < -0.39 is 5.92 Å². The van der Waals surface area contributed by atoms with E-state index >= 15 is 0 Å². The number of esters is 1. The summed E-state index contributed by atoms with van der Waals surface area (Å²) in [7, 11) is 4.44. The van der Waals surface area contributed by atoms with Gasteiger partial charge in [-0.25, -0.2) is 0 Å². The van der Waals surface area contributed by atoms with Crippen molar-refractivity contribution < 1.29 is 34.0 Å². The van der Waals surface area contributed by atoms with Crippen LogP contribution >= 0.6 is 0 Å². The number of ether oxygens (including phenoxy) is 4. The Balaban J connectivity index is 1.67. The Hall–Kier alpha value is -3.87. The van der Waals surface area contributed by atoms with Crippen molar-refractivity contribution in [3.8, 4) is 39.9 Å². The molecule has 1 aliphatic heterocycles. The molecule has 3 aromatic carbocycles. The van der Waals surface area contributed by atoms with E-state index in [1.807, 2.05) is 12.1 Å². The monoisotopic (exact) mass is 462 g/mol. The van der Waals surface area contributed by atoms with Crippen molar-refractivity contribution in [3.05, 3.63) is 64.7 Å². The van der Waals surface area contributed by atoms with Crippen molar-refractivity contribution in [2.24, 2.45) is 0 Å². The van der Waals surface area contributed by atoms with E-state index in [0.717, 1.165) is 46.2 Å². The third-order valence-corrected chi connectivity index (χ3v) is 6.80. The fourth-order valence-corrected chi connectivity index (χ4v) is 5.16. The second-order valence-electron chi connectivity index (χ2n) is 8.58. The molecule has 5 rings (SSSR count). The Labute approximate surface area is 197 Å². The summed E-state index contributed by atoms with van der Waals surface area (Å²) < 4.78 is 22.3. The predicted molar refractivity (Wildman–Crippen MR) is 125 cm³/mol. The Morgan fingerprint density at radius 1 is 0.941 bits per heavy atom. The lowest BCUT2D eigenvalue weighted by molar-refractivity contribution is -0.143. The average molecular weight is 462 g/mol. The number of methoxy groups -OCH3 is 3. The van der Waals surface area contributed by atoms with Crippen LogP contribution in [0.1, 0.15) is 34.1 Å². The number of fused-ring (bicyclic) bond motifs is 4. The van der Waals surface area contributed by atoms with Crippen LogP contribution in [0.2, 0.25) is 0 Å². The molecule has 7 heteroatoms. The van der Waals surface area contributed by atoms with Crippen LogP contribution in [0.5, 0.6) is 28.7 Å². The van der Waals surface area contributed by atoms with Gasteiger partial charge in [0, 0.05) is 23.1 Å². The second-order valence-corrected chi connectivity index (χ2v) is 8.58. The van der Waals surface area contributed by atoms with Crippen molar-refractivity contribution in [2.75, 3.05) is 27.9 Å². The topological polar surface area (TPSA) is 94.5 Å². The van der Waals surface area contributed by atoms with Crippen molar-refractivity contribution in [2.45, 2.75) is 24.7 Å². The fraction of sp³-hybridized carbons (Fsp3) is 0.296. The third-order valence-electron chi connectivity index (χ3n) is 6.80. The zero-order chi connectivity index (χ0) is 24.0. The van der Waals surface area contributed by atoms with Gasteiger partial charge in [-0.15, -0.1) is 0 Å². The second kappa shape index (κ2) is 8.48. The van der Waals surface area contributed by atoms with E-state index in [1.165, 1.54) is 14.2 Å². The number of aryl methyl sites for hydroxylation is 2. The number of aromatic hydroxyl groups is 2. The van der Waals surface area contributed by atoms with Gasteiger partial charge >= 0.3 is 5.97 Å². The van der Waals surface area contributed by atoms with Gasteiger partial charge in [-0.3, -0.25) is 4.79 Å². The molecule has 0 aromatic heterocycles. The molecule has 2 aliphatic rings. The molecule has 0 fully saturated rings. The summed E-state index contributed by atoms with van der Waals surface area (Å²) in [6.07, 6.45) is 1.55. The third kappa shape index (κ3) is 3.48. The SMILES string of the molecule is COC(=O)[C@H]1c2cc3c(cc2OC[C@H]1c1ccc(O)c(OC)c1)CCc1cc(O)cc(OC)c1-3. The molecule has 34 heavy (non-hydrogen) atoms. The highest BCUT2D eigenvalue weighted by molar-refractivity contribution is 5.85. The molecule has 0 saturated heterocycles. The van der Waals surface area contributed by atoms with Crippen molar-refractivity contribution in [1.29, 1.82) is 0 Å². The number of benzene rings is 3. The molecule has 0 radical (unpaired) electrons. The average Bonchev–Trinajstić information content (AvgIpc) is 2.85. The number of rotatable bonds is 4. The van der Waals surface area contributed by atoms with Gasteiger partial charge in [0.1, 0.15) is 17.2 Å². The van der Waals surface area contributed by atoms with E-state index in [2.05, 4.69) is 0 Å². The Morgan fingerprint density at radius 2 is 1.71 bits per heavy atom. The minimum atomic E-state index is -0.609. The largest absolute Gasteiger partial charge is 0.508 e. The fourth-order valence-electron chi connectivity index (χ4n) is 5.16. The van der Waals surface area contributed by atoms with Crippen molar-refractivity contribution in [1.82, 2.24) is 0 Å². The molecule has 0 unspecified atom stereocenters. The highest BCUT2D eigenvalue weighted by atomic mass is 16.5. The number of hydrogen-bond donors (Lipinski definition) is 2. The first-order chi connectivity index (χ1) is 16.4. The van der Waals surface area contributed by atoms with Gasteiger partial charge in [0.15, 0.2) is 11.5 Å². The minimum Gasteiger partial charge on any atom is -0.508 e. The van der Waals surface area contributed by atoms with Crippen LogP contribution in [0.3, 0.4) is 0 Å². The number of phenolic OH excluding ortho intramolecular Hbond substituents is 2. The van der Waals surface area contributed by atoms with Gasteiger partial charge in [0.2, 0.25) is 0 Å². The van der Waals surface area contributed by atoms with Crippen LogP contribution in [0.25, 0.3) is 11.1 Å². The van der Waals surface area contributed by atoms with Gasteiger partial charge in [-0.1, -0.05) is 6.07 Å². The van der Waals surface area contributed by atoms with Crippen LogP contribution in [0, 0.1) is 0 Å². The molecule has 2 atom stereocenters. The maximum Gasteiger partial charge on any atom is 0.314 e. The van der Waals surface area contributed by atoms with Gasteiger partial charge in [-0.05, 0) is 65.4 Å². The Bertz CT molecular complexity index is 1260. The predicted octanol–water partition coefficient (Wildman–Crippen LogP) is 4.31. The smallest absolute Gasteiger partial charge is 0.314 e. The first kappa shape index (κ1) is 21.9. The summed E-state index contributed by atoms with van der Waals surface area (Å²) in [6.45, 7) is 0.285. The summed E-state index contributed by atoms with van der Waals surface area (Å²) >= 11 is 0. The molecule has 1 aliphatic carbocycles. The van der Waals surface area contributed by atoms with Gasteiger partial charge in [-0.2, -0.15) is 0 Å². The molecule has 0 saturated carbocycles. The summed E-state index contributed by atoms with van der Waals surface area (Å²) in [5.41, 5.74) is 5.51. The summed E-state index contributed by atoms with van der Waals surface area (Å²) in [5, 5.41) is 20.1. The molecule has 0 bridgehead atoms. The molecule has 7 nitrogen and oxygen atoms in total. The number of carbonyl (C=O) groups excluding carboxylic acids is 1. The molecule has 1 heterocycles. The molecule has 176 valence electrons. The molecular formula is C27H26O7. The van der Waals surface area contributed by atoms with Gasteiger partial charge in [0.05, 0.1) is 33.9 Å². The molecule has 3 aromatic rings. The van der Waals surface area contributed by atoms with Crippen LogP contribution in [0.15, 0.2) is 42.5 Å². The first-order valence-electron chi connectivity index (χ1n) is 11.1. The molecule has 2 N–H and O–H groups in total. The number of phenols is 2. The minimum absolute atomic E-state index is 0.0269. The number of hydrogen-bond acceptors (Lipinski definition) is 7. The quantitative estimate of drug-likeness (QED) is 0.558. The Morgan fingerprint density at radius 3 is 2.44 bits per heavy atom. The molecule has 0 spiro atoms. The standard InChI is InChI=1S/C27H26O7/c1-31-23-10-15(6-7-21(23)29)20-13-34-22-9-14-4-5-16-8-17(28)11-24(32-2)25(16)18(14)12-19(22)26(20)27(30)33-3/h6-12,20,26,28-29H,4-5,13H2,1-3H3/t20-,26-/m0/s1. The Kier molecular flexibility index (Phi) is 5.48. The van der Waals surface area contributed by atoms with Crippen LogP contribution in [-0.2, 0) is 22.4 Å². The molecule has 0 amide bonds. The lowest BCUT2D eigenvalue weighted by Crippen LogP contribution is -2.31. The van der Waals surface area contributed by atoms with E-state index in [4.69, 9.17) is 18.9 Å². The maximum atomic E-state index is 13.1. The van der Waals surface area contributed by atoms with Gasteiger partial charge in [0.25, 0.3) is 0 Å². The first-order valence-corrected chi connectivity index (χ1v) is 11.1. The highest BCUT2D eigenvalue weighted by Crippen LogP contribution is 2.49. The maximum absolute atomic E-state index is 13.1. The lowest BCUT2D eigenvalue weighted by Gasteiger charge is -2.34. The zero-order valence-electron chi connectivity index (χ0n) is 19.3. The summed E-state index contributed by atoms with van der Waals surface area (Å²) in [4.78, 5) is 13.1. The van der Waals surface area contributed by atoms with E-state index in [-0.39, 0.29) is 30.0 Å². The zero-order valence-corrected chi connectivity index (χ0v) is 19.3. The summed E-state index contributed by atoms with van der Waals surface area (Å²) in [6, 6.07) is 12.4.